The van der Waals surface area contributed by atoms with Crippen molar-refractivity contribution < 1.29 is 13.9 Å². The van der Waals surface area contributed by atoms with Crippen LogP contribution in [0.4, 0.5) is 15.8 Å². The van der Waals surface area contributed by atoms with E-state index in [1.165, 1.54) is 17.3 Å². The summed E-state index contributed by atoms with van der Waals surface area (Å²) in [5, 5.41) is 3.00. The molecular formula is C22H26FN3O2. The first-order chi connectivity index (χ1) is 13.7. The Morgan fingerprint density at radius 1 is 1.14 bits per heavy atom. The van der Waals surface area contributed by atoms with Gasteiger partial charge in [-0.3, -0.25) is 4.79 Å². The van der Waals surface area contributed by atoms with Crippen molar-refractivity contribution in [3.63, 3.8) is 0 Å². The van der Waals surface area contributed by atoms with Crippen LogP contribution >= 0.6 is 0 Å². The van der Waals surface area contributed by atoms with E-state index in [4.69, 9.17) is 4.74 Å². The summed E-state index contributed by atoms with van der Waals surface area (Å²) in [6.45, 7) is 3.10. The molecule has 2 aromatic rings. The lowest BCUT2D eigenvalue weighted by Crippen LogP contribution is -2.61. The largest absolute Gasteiger partial charge is 0.383 e. The fraction of sp³-hybridized carbons (Fsp3) is 0.409. The van der Waals surface area contributed by atoms with Crippen molar-refractivity contribution >= 4 is 17.3 Å². The van der Waals surface area contributed by atoms with Gasteiger partial charge in [0.2, 0.25) is 5.91 Å². The number of halogens is 1. The lowest BCUT2D eigenvalue weighted by Gasteiger charge is -2.49. The number of fused-ring (bicyclic) bond motifs is 3. The molecule has 148 valence electrons. The number of nitrogens with zero attached hydrogens (tertiary/aromatic N) is 2. The second-order valence-corrected chi connectivity index (χ2v) is 7.38. The normalized spacial score (nSPS) is 21.1. The third kappa shape index (κ3) is 3.56. The van der Waals surface area contributed by atoms with Crippen molar-refractivity contribution in [3.05, 3.63) is 59.9 Å². The fourth-order valence-corrected chi connectivity index (χ4v) is 4.39. The van der Waals surface area contributed by atoms with Gasteiger partial charge in [0.15, 0.2) is 0 Å². The van der Waals surface area contributed by atoms with Crippen molar-refractivity contribution in [3.8, 4) is 0 Å². The molecule has 1 N–H and O–H groups in total. The molecule has 5 nitrogen and oxygen atoms in total. The first-order valence-corrected chi connectivity index (χ1v) is 9.79. The predicted octanol–water partition coefficient (Wildman–Crippen LogP) is 2.46. The molecule has 28 heavy (non-hydrogen) atoms. The number of hydrogen-bond donors (Lipinski definition) is 1. The molecular weight excluding hydrogens is 357 g/mol. The molecule has 0 aliphatic carbocycles. The smallest absolute Gasteiger partial charge is 0.225 e. The second-order valence-electron chi connectivity index (χ2n) is 7.38. The maximum atomic E-state index is 14.3. The lowest BCUT2D eigenvalue weighted by atomic mass is 9.83. The molecule has 1 saturated heterocycles. The van der Waals surface area contributed by atoms with E-state index in [-0.39, 0.29) is 23.7 Å². The predicted molar refractivity (Wildman–Crippen MR) is 108 cm³/mol. The summed E-state index contributed by atoms with van der Waals surface area (Å²) in [5.41, 5.74) is 3.01. The van der Waals surface area contributed by atoms with E-state index in [9.17, 15) is 9.18 Å². The summed E-state index contributed by atoms with van der Waals surface area (Å²) in [6, 6.07) is 15.2. The Morgan fingerprint density at radius 2 is 1.89 bits per heavy atom. The van der Waals surface area contributed by atoms with Crippen molar-refractivity contribution in [2.24, 2.45) is 5.92 Å². The number of para-hydroxylation sites is 2. The Hall–Kier alpha value is -2.60. The number of carbonyl (C=O) groups excluding carboxylic acids is 1. The first kappa shape index (κ1) is 18.7. The Kier molecular flexibility index (Phi) is 5.48. The summed E-state index contributed by atoms with van der Waals surface area (Å²) in [6.07, 6.45) is 0.696. The molecule has 2 aromatic carbocycles. The molecule has 0 spiro atoms. The van der Waals surface area contributed by atoms with Crippen molar-refractivity contribution in [2.45, 2.75) is 12.5 Å². The Bertz CT molecular complexity index is 844. The number of carbonyl (C=O) groups is 1. The molecule has 2 aliphatic heterocycles. The van der Waals surface area contributed by atoms with Gasteiger partial charge in [0, 0.05) is 39.0 Å². The maximum Gasteiger partial charge on any atom is 0.225 e. The van der Waals surface area contributed by atoms with Gasteiger partial charge in [-0.15, -0.1) is 0 Å². The summed E-state index contributed by atoms with van der Waals surface area (Å²) in [4.78, 5) is 17.4. The SMILES string of the molecule is COCCNC(=O)[C@@H]1Cc2ccccc2N2CCN(c3ccccc3F)C[C@H]12. The molecule has 4 rings (SSSR count). The van der Waals surface area contributed by atoms with E-state index >= 15 is 0 Å². The van der Waals surface area contributed by atoms with E-state index in [2.05, 4.69) is 27.2 Å². The fourth-order valence-electron chi connectivity index (χ4n) is 4.39. The quantitative estimate of drug-likeness (QED) is 0.806. The van der Waals surface area contributed by atoms with Crippen LogP contribution in [0.2, 0.25) is 0 Å². The van der Waals surface area contributed by atoms with Gasteiger partial charge in [-0.05, 0) is 30.2 Å². The number of ether oxygens (including phenoxy) is 1. The van der Waals surface area contributed by atoms with Crippen molar-refractivity contribution in [2.75, 3.05) is 49.7 Å². The Morgan fingerprint density at radius 3 is 2.68 bits per heavy atom. The van der Waals surface area contributed by atoms with E-state index in [0.29, 0.717) is 31.8 Å². The van der Waals surface area contributed by atoms with Crippen LogP contribution in [-0.2, 0) is 16.0 Å². The van der Waals surface area contributed by atoms with Crippen LogP contribution in [0.5, 0.6) is 0 Å². The first-order valence-electron chi connectivity index (χ1n) is 9.79. The van der Waals surface area contributed by atoms with E-state index in [0.717, 1.165) is 13.1 Å². The Labute approximate surface area is 165 Å². The monoisotopic (exact) mass is 383 g/mol. The summed E-state index contributed by atoms with van der Waals surface area (Å²) < 4.78 is 19.4. The number of methoxy groups -OCH3 is 1. The molecule has 1 fully saturated rings. The van der Waals surface area contributed by atoms with Gasteiger partial charge in [0.05, 0.1) is 24.3 Å². The van der Waals surface area contributed by atoms with Gasteiger partial charge in [0.25, 0.3) is 0 Å². The van der Waals surface area contributed by atoms with Gasteiger partial charge in [-0.1, -0.05) is 30.3 Å². The summed E-state index contributed by atoms with van der Waals surface area (Å²) >= 11 is 0. The minimum absolute atomic E-state index is 0.00537. The minimum Gasteiger partial charge on any atom is -0.383 e. The van der Waals surface area contributed by atoms with Crippen LogP contribution in [0.25, 0.3) is 0 Å². The number of anilines is 2. The van der Waals surface area contributed by atoms with Gasteiger partial charge in [0.1, 0.15) is 5.82 Å². The van der Waals surface area contributed by atoms with Gasteiger partial charge < -0.3 is 19.9 Å². The molecule has 2 heterocycles. The highest BCUT2D eigenvalue weighted by Crippen LogP contribution is 2.37. The average Bonchev–Trinajstić information content (AvgIpc) is 2.73. The number of rotatable bonds is 5. The highest BCUT2D eigenvalue weighted by Gasteiger charge is 2.41. The molecule has 0 unspecified atom stereocenters. The third-order valence-corrected chi connectivity index (χ3v) is 5.76. The molecule has 2 aliphatic rings. The van der Waals surface area contributed by atoms with Gasteiger partial charge in [-0.25, -0.2) is 4.39 Å². The van der Waals surface area contributed by atoms with Crippen LogP contribution < -0.4 is 15.1 Å². The lowest BCUT2D eigenvalue weighted by molar-refractivity contribution is -0.126. The van der Waals surface area contributed by atoms with Gasteiger partial charge in [-0.2, -0.15) is 0 Å². The van der Waals surface area contributed by atoms with E-state index in [1.807, 2.05) is 24.3 Å². The highest BCUT2D eigenvalue weighted by atomic mass is 19.1. The van der Waals surface area contributed by atoms with Crippen molar-refractivity contribution in [1.82, 2.24) is 5.32 Å². The molecule has 1 amide bonds. The third-order valence-electron chi connectivity index (χ3n) is 5.76. The van der Waals surface area contributed by atoms with Crippen LogP contribution in [0.15, 0.2) is 48.5 Å². The van der Waals surface area contributed by atoms with Crippen molar-refractivity contribution in [1.29, 1.82) is 0 Å². The van der Waals surface area contributed by atoms with E-state index < -0.39 is 0 Å². The number of amides is 1. The second kappa shape index (κ2) is 8.19. The Balaban J connectivity index is 1.61. The molecule has 6 heteroatoms. The number of nitrogens with one attached hydrogen (secondary N) is 1. The van der Waals surface area contributed by atoms with Crippen LogP contribution in [-0.4, -0.2) is 51.8 Å². The van der Waals surface area contributed by atoms with Crippen LogP contribution in [0, 0.1) is 11.7 Å². The summed E-state index contributed by atoms with van der Waals surface area (Å²) in [7, 11) is 1.62. The molecule has 0 radical (unpaired) electrons. The zero-order chi connectivity index (χ0) is 19.5. The maximum absolute atomic E-state index is 14.3. The van der Waals surface area contributed by atoms with Gasteiger partial charge >= 0.3 is 0 Å². The zero-order valence-corrected chi connectivity index (χ0v) is 16.1. The molecule has 0 aromatic heterocycles. The topological polar surface area (TPSA) is 44.8 Å². The number of hydrogen-bond acceptors (Lipinski definition) is 4. The zero-order valence-electron chi connectivity index (χ0n) is 16.1. The number of benzene rings is 2. The molecule has 0 saturated carbocycles. The minimum atomic E-state index is -0.215. The average molecular weight is 383 g/mol. The van der Waals surface area contributed by atoms with Crippen LogP contribution in [0.1, 0.15) is 5.56 Å². The van der Waals surface area contributed by atoms with E-state index in [1.54, 1.807) is 13.2 Å². The molecule has 2 atom stereocenters. The standard InChI is InChI=1S/C22H26FN3O2/c1-28-13-10-24-22(27)17-14-16-6-2-4-8-19(16)26-12-11-25(15-21(17)26)20-9-5-3-7-18(20)23/h2-9,17,21H,10-15H2,1H3,(H,24,27)/t17-,21-/m1/s1. The van der Waals surface area contributed by atoms with Crippen LogP contribution in [0.3, 0.4) is 0 Å². The highest BCUT2D eigenvalue weighted by molar-refractivity contribution is 5.82. The molecule has 0 bridgehead atoms. The summed E-state index contributed by atoms with van der Waals surface area (Å²) in [5.74, 6) is -0.355. The number of piperazine rings is 1.